The van der Waals surface area contributed by atoms with E-state index in [-0.39, 0.29) is 11.3 Å². The van der Waals surface area contributed by atoms with Gasteiger partial charge in [-0.15, -0.1) is 0 Å². The minimum atomic E-state index is 0.151. The molecule has 1 aromatic carbocycles. The molecule has 1 N–H and O–H groups in total. The summed E-state index contributed by atoms with van der Waals surface area (Å²) in [4.78, 5) is 8.02. The topological polar surface area (TPSA) is 37.8 Å². The highest BCUT2D eigenvalue weighted by atomic mass is 79.9. The third-order valence-electron chi connectivity index (χ3n) is 2.37. The minimum Gasteiger partial charge on any atom is -0.362 e. The van der Waals surface area contributed by atoms with Gasteiger partial charge >= 0.3 is 0 Å². The van der Waals surface area contributed by atoms with Crippen molar-refractivity contribution in [3.63, 3.8) is 0 Å². The average Bonchev–Trinajstić information content (AvgIpc) is 2.35. The monoisotopic (exact) mass is 311 g/mol. The van der Waals surface area contributed by atoms with Crippen LogP contribution in [0, 0.1) is 0 Å². The van der Waals surface area contributed by atoms with E-state index in [1.807, 2.05) is 18.2 Å². The summed E-state index contributed by atoms with van der Waals surface area (Å²) in [6.07, 6.45) is 1.63. The van der Waals surface area contributed by atoms with Crippen LogP contribution in [0.15, 0.2) is 41.0 Å². The van der Waals surface area contributed by atoms with Crippen LogP contribution in [0.5, 0.6) is 0 Å². The van der Waals surface area contributed by atoms with E-state index in [4.69, 9.17) is 11.6 Å². The zero-order valence-corrected chi connectivity index (χ0v) is 11.5. The van der Waals surface area contributed by atoms with E-state index in [2.05, 4.69) is 50.3 Å². The van der Waals surface area contributed by atoms with Gasteiger partial charge in [0, 0.05) is 12.2 Å². The quantitative estimate of drug-likeness (QED) is 0.868. The molecule has 1 heterocycles. The highest BCUT2D eigenvalue weighted by Gasteiger charge is 2.09. The van der Waals surface area contributed by atoms with Gasteiger partial charge in [0.1, 0.15) is 5.82 Å². The van der Waals surface area contributed by atoms with Gasteiger partial charge in [-0.2, -0.15) is 4.98 Å². The normalized spacial score (nSPS) is 12.2. The summed E-state index contributed by atoms with van der Waals surface area (Å²) in [5.74, 6) is 0.696. The van der Waals surface area contributed by atoms with Crippen molar-refractivity contribution in [2.24, 2.45) is 0 Å². The third kappa shape index (κ3) is 3.17. The summed E-state index contributed by atoms with van der Waals surface area (Å²) >= 11 is 9.15. The lowest BCUT2D eigenvalue weighted by Gasteiger charge is -2.15. The third-order valence-corrected chi connectivity index (χ3v) is 3.13. The van der Waals surface area contributed by atoms with Crippen molar-refractivity contribution in [3.8, 4) is 0 Å². The van der Waals surface area contributed by atoms with Gasteiger partial charge in [-0.1, -0.05) is 30.3 Å². The maximum Gasteiger partial charge on any atom is 0.224 e. The largest absolute Gasteiger partial charge is 0.362 e. The van der Waals surface area contributed by atoms with E-state index in [1.165, 1.54) is 5.56 Å². The predicted molar refractivity (Wildman–Crippen MR) is 73.2 cm³/mol. The molecule has 2 aromatic rings. The summed E-state index contributed by atoms with van der Waals surface area (Å²) in [6, 6.07) is 10.3. The van der Waals surface area contributed by atoms with Crippen LogP contribution in [0.3, 0.4) is 0 Å². The zero-order valence-electron chi connectivity index (χ0n) is 9.19. The highest BCUT2D eigenvalue weighted by Crippen LogP contribution is 2.24. The fourth-order valence-electron chi connectivity index (χ4n) is 1.48. The molecule has 0 aliphatic carbocycles. The van der Waals surface area contributed by atoms with Crippen molar-refractivity contribution < 1.29 is 0 Å². The number of anilines is 1. The molecule has 0 fully saturated rings. The molecule has 1 atom stereocenters. The fourth-order valence-corrected chi connectivity index (χ4v) is 1.92. The van der Waals surface area contributed by atoms with Gasteiger partial charge in [-0.05, 0) is 40.0 Å². The number of hydrogen-bond acceptors (Lipinski definition) is 3. The molecule has 0 saturated heterocycles. The molecule has 2 rings (SSSR count). The van der Waals surface area contributed by atoms with Gasteiger partial charge in [-0.3, -0.25) is 0 Å². The Balaban J connectivity index is 2.18. The molecule has 0 radical (unpaired) electrons. The van der Waals surface area contributed by atoms with Gasteiger partial charge in [-0.25, -0.2) is 4.98 Å². The summed E-state index contributed by atoms with van der Waals surface area (Å²) in [5.41, 5.74) is 1.19. The Morgan fingerprint density at radius 1 is 1.29 bits per heavy atom. The average molecular weight is 313 g/mol. The lowest BCUT2D eigenvalue weighted by molar-refractivity contribution is 0.870. The van der Waals surface area contributed by atoms with Crippen LogP contribution < -0.4 is 5.32 Å². The van der Waals surface area contributed by atoms with Gasteiger partial charge in [0.05, 0.1) is 4.47 Å². The van der Waals surface area contributed by atoms with Crippen LogP contribution in [0.4, 0.5) is 5.82 Å². The van der Waals surface area contributed by atoms with E-state index >= 15 is 0 Å². The lowest BCUT2D eigenvalue weighted by Crippen LogP contribution is -2.08. The molecule has 0 spiro atoms. The van der Waals surface area contributed by atoms with Crippen molar-refractivity contribution in [3.05, 3.63) is 51.8 Å². The molecular weight excluding hydrogens is 302 g/mol. The molecule has 5 heteroatoms. The molecule has 1 aromatic heterocycles. The van der Waals surface area contributed by atoms with Crippen molar-refractivity contribution in [1.29, 1.82) is 0 Å². The lowest BCUT2D eigenvalue weighted by atomic mass is 10.1. The SMILES string of the molecule is CC(Nc1nc(Cl)ncc1Br)c1ccccc1. The van der Waals surface area contributed by atoms with Crippen LogP contribution >= 0.6 is 27.5 Å². The molecule has 88 valence electrons. The standard InChI is InChI=1S/C12H11BrClN3/c1-8(9-5-3-2-4-6-9)16-11-10(13)7-15-12(14)17-11/h2-8H,1H3,(H,15,16,17). The molecule has 3 nitrogen and oxygen atoms in total. The van der Waals surface area contributed by atoms with E-state index in [9.17, 15) is 0 Å². The van der Waals surface area contributed by atoms with Gasteiger partial charge in [0.25, 0.3) is 0 Å². The van der Waals surface area contributed by atoms with Crippen LogP contribution in [0.1, 0.15) is 18.5 Å². The Bertz CT molecular complexity index is 504. The van der Waals surface area contributed by atoms with Crippen molar-refractivity contribution in [2.75, 3.05) is 5.32 Å². The van der Waals surface area contributed by atoms with Crippen LogP contribution in [-0.2, 0) is 0 Å². The summed E-state index contributed by atoms with van der Waals surface area (Å²) in [6.45, 7) is 2.07. The molecule has 1 unspecified atom stereocenters. The molecule has 0 saturated carbocycles. The number of nitrogens with zero attached hydrogens (tertiary/aromatic N) is 2. The maximum absolute atomic E-state index is 5.76. The second-order valence-corrected chi connectivity index (χ2v) is 4.80. The molecule has 0 bridgehead atoms. The van der Waals surface area contributed by atoms with Crippen molar-refractivity contribution in [2.45, 2.75) is 13.0 Å². The first kappa shape index (κ1) is 12.3. The Morgan fingerprint density at radius 3 is 2.71 bits per heavy atom. The van der Waals surface area contributed by atoms with Gasteiger partial charge in [0.2, 0.25) is 5.28 Å². The Morgan fingerprint density at radius 2 is 2.00 bits per heavy atom. The van der Waals surface area contributed by atoms with Crippen molar-refractivity contribution >= 4 is 33.3 Å². The first-order chi connectivity index (χ1) is 8.16. The molecule has 0 aliphatic heterocycles. The summed E-state index contributed by atoms with van der Waals surface area (Å²) < 4.78 is 0.796. The number of benzene rings is 1. The predicted octanol–water partition coefficient (Wildman–Crippen LogP) is 4.07. The Labute approximate surface area is 113 Å². The van der Waals surface area contributed by atoms with Crippen LogP contribution in [0.25, 0.3) is 0 Å². The number of aromatic nitrogens is 2. The minimum absolute atomic E-state index is 0.151. The molecule has 0 aliphatic rings. The van der Waals surface area contributed by atoms with E-state index < -0.39 is 0 Å². The van der Waals surface area contributed by atoms with Crippen molar-refractivity contribution in [1.82, 2.24) is 9.97 Å². The first-order valence-corrected chi connectivity index (χ1v) is 6.33. The Kier molecular flexibility index (Phi) is 3.97. The number of rotatable bonds is 3. The Hall–Kier alpha value is -1.13. The molecule has 0 amide bonds. The molecule has 17 heavy (non-hydrogen) atoms. The number of hydrogen-bond donors (Lipinski definition) is 1. The molecular formula is C12H11BrClN3. The first-order valence-electron chi connectivity index (χ1n) is 5.16. The fraction of sp³-hybridized carbons (Fsp3) is 0.167. The van der Waals surface area contributed by atoms with E-state index in [0.717, 1.165) is 4.47 Å². The smallest absolute Gasteiger partial charge is 0.224 e. The summed E-state index contributed by atoms with van der Waals surface area (Å²) in [5, 5.41) is 3.52. The van der Waals surface area contributed by atoms with Crippen LogP contribution in [-0.4, -0.2) is 9.97 Å². The van der Waals surface area contributed by atoms with Crippen LogP contribution in [0.2, 0.25) is 5.28 Å². The summed E-state index contributed by atoms with van der Waals surface area (Å²) in [7, 11) is 0. The van der Waals surface area contributed by atoms with Gasteiger partial charge in [0.15, 0.2) is 0 Å². The number of nitrogens with one attached hydrogen (secondary N) is 1. The zero-order chi connectivity index (χ0) is 12.3. The second kappa shape index (κ2) is 5.47. The van der Waals surface area contributed by atoms with E-state index in [0.29, 0.717) is 5.82 Å². The maximum atomic E-state index is 5.76. The van der Waals surface area contributed by atoms with E-state index in [1.54, 1.807) is 6.20 Å². The van der Waals surface area contributed by atoms with Gasteiger partial charge < -0.3 is 5.32 Å². The second-order valence-electron chi connectivity index (χ2n) is 3.61. The highest BCUT2D eigenvalue weighted by molar-refractivity contribution is 9.10. The number of halogens is 2.